The van der Waals surface area contributed by atoms with E-state index in [2.05, 4.69) is 4.98 Å². The summed E-state index contributed by atoms with van der Waals surface area (Å²) in [5.41, 5.74) is 8.09. The van der Waals surface area contributed by atoms with Gasteiger partial charge >= 0.3 is 0 Å². The Morgan fingerprint density at radius 3 is 2.53 bits per heavy atom. The molecule has 2 N–H and O–H groups in total. The number of rotatable bonds is 2. The van der Waals surface area contributed by atoms with E-state index in [1.165, 1.54) is 11.3 Å². The van der Waals surface area contributed by atoms with Crippen LogP contribution in [0.3, 0.4) is 0 Å². The normalized spacial score (nSPS) is 10.2. The third kappa shape index (κ3) is 1.89. The Labute approximate surface area is 91.6 Å². The van der Waals surface area contributed by atoms with Crippen LogP contribution in [0.1, 0.15) is 15.4 Å². The molecule has 4 heteroatoms. The van der Waals surface area contributed by atoms with Crippen LogP contribution in [0.5, 0.6) is 0 Å². The van der Waals surface area contributed by atoms with Crippen molar-refractivity contribution < 1.29 is 4.79 Å². The van der Waals surface area contributed by atoms with Crippen LogP contribution in [0.4, 0.5) is 5.69 Å². The van der Waals surface area contributed by atoms with Crippen LogP contribution in [-0.4, -0.2) is 11.3 Å². The number of nitrogen functional groups attached to an aromatic ring is 1. The van der Waals surface area contributed by atoms with Crippen LogP contribution in [0.15, 0.2) is 24.3 Å². The van der Waals surface area contributed by atoms with Gasteiger partial charge in [-0.2, -0.15) is 0 Å². The zero-order chi connectivity index (χ0) is 10.8. The number of thiazole rings is 1. The summed E-state index contributed by atoms with van der Waals surface area (Å²) in [5, 5.41) is 0.856. The van der Waals surface area contributed by atoms with Gasteiger partial charge in [-0.3, -0.25) is 4.79 Å². The van der Waals surface area contributed by atoms with E-state index in [9.17, 15) is 4.79 Å². The standard InChI is InChI=1S/C11H10N2OS/c1-7-10(6-14)15-11(13-7)8-2-4-9(12)5-3-8/h2-6H,12H2,1H3. The zero-order valence-electron chi connectivity index (χ0n) is 8.23. The number of aryl methyl sites for hydroxylation is 1. The fraction of sp³-hybridized carbons (Fsp3) is 0.0909. The van der Waals surface area contributed by atoms with Gasteiger partial charge in [0.15, 0.2) is 6.29 Å². The summed E-state index contributed by atoms with van der Waals surface area (Å²) < 4.78 is 0. The maximum atomic E-state index is 10.7. The molecule has 1 aromatic carbocycles. The Balaban J connectivity index is 2.45. The number of anilines is 1. The number of hydrogen-bond donors (Lipinski definition) is 1. The van der Waals surface area contributed by atoms with Crippen molar-refractivity contribution in [2.75, 3.05) is 5.73 Å². The number of nitrogens with two attached hydrogens (primary N) is 1. The van der Waals surface area contributed by atoms with Gasteiger partial charge < -0.3 is 5.73 Å². The molecule has 0 atom stereocenters. The predicted octanol–water partition coefficient (Wildman–Crippen LogP) is 2.51. The molecule has 0 bridgehead atoms. The van der Waals surface area contributed by atoms with Gasteiger partial charge in [-0.1, -0.05) is 0 Å². The lowest BCUT2D eigenvalue weighted by molar-refractivity contribution is 0.112. The van der Waals surface area contributed by atoms with Gasteiger partial charge in [-0.15, -0.1) is 11.3 Å². The molecule has 0 aliphatic rings. The SMILES string of the molecule is Cc1nc(-c2ccc(N)cc2)sc1C=O. The highest BCUT2D eigenvalue weighted by Gasteiger charge is 2.07. The quantitative estimate of drug-likeness (QED) is 0.622. The number of aldehydes is 1. The van der Waals surface area contributed by atoms with Crippen molar-refractivity contribution in [3.63, 3.8) is 0 Å². The molecule has 0 aliphatic heterocycles. The minimum atomic E-state index is 0.682. The minimum absolute atomic E-state index is 0.682. The van der Waals surface area contributed by atoms with E-state index >= 15 is 0 Å². The fourth-order valence-corrected chi connectivity index (χ4v) is 2.15. The minimum Gasteiger partial charge on any atom is -0.399 e. The van der Waals surface area contributed by atoms with Gasteiger partial charge in [0, 0.05) is 11.3 Å². The van der Waals surface area contributed by atoms with Gasteiger partial charge in [-0.05, 0) is 31.2 Å². The molecular weight excluding hydrogens is 208 g/mol. The third-order valence-corrected chi connectivity index (χ3v) is 3.23. The molecule has 2 rings (SSSR count). The summed E-state index contributed by atoms with van der Waals surface area (Å²) in [4.78, 5) is 15.7. The Kier molecular flexibility index (Phi) is 2.51. The van der Waals surface area contributed by atoms with E-state index in [1.807, 2.05) is 31.2 Å². The molecule has 2 aromatic rings. The molecule has 76 valence electrons. The van der Waals surface area contributed by atoms with E-state index in [0.29, 0.717) is 4.88 Å². The van der Waals surface area contributed by atoms with Gasteiger partial charge in [0.1, 0.15) is 5.01 Å². The van der Waals surface area contributed by atoms with Gasteiger partial charge in [0.05, 0.1) is 10.6 Å². The monoisotopic (exact) mass is 218 g/mol. The number of nitrogens with zero attached hydrogens (tertiary/aromatic N) is 1. The molecular formula is C11H10N2OS. The zero-order valence-corrected chi connectivity index (χ0v) is 9.04. The Morgan fingerprint density at radius 2 is 2.00 bits per heavy atom. The van der Waals surface area contributed by atoms with Crippen LogP contribution in [0.25, 0.3) is 10.6 Å². The van der Waals surface area contributed by atoms with Crippen molar-refractivity contribution in [1.29, 1.82) is 0 Å². The highest BCUT2D eigenvalue weighted by atomic mass is 32.1. The summed E-state index contributed by atoms with van der Waals surface area (Å²) in [7, 11) is 0. The van der Waals surface area contributed by atoms with E-state index in [4.69, 9.17) is 5.73 Å². The molecule has 0 saturated heterocycles. The second-order valence-corrected chi connectivity index (χ2v) is 4.24. The molecule has 1 aromatic heterocycles. The lowest BCUT2D eigenvalue weighted by atomic mass is 10.2. The maximum absolute atomic E-state index is 10.7. The Hall–Kier alpha value is -1.68. The van der Waals surface area contributed by atoms with Crippen LogP contribution in [0, 0.1) is 6.92 Å². The highest BCUT2D eigenvalue weighted by Crippen LogP contribution is 2.27. The van der Waals surface area contributed by atoms with Crippen molar-refractivity contribution >= 4 is 23.3 Å². The molecule has 0 fully saturated rings. The highest BCUT2D eigenvalue weighted by molar-refractivity contribution is 7.16. The number of hydrogen-bond acceptors (Lipinski definition) is 4. The largest absolute Gasteiger partial charge is 0.399 e. The number of carbonyl (C=O) groups excluding carboxylic acids is 1. The number of carbonyl (C=O) groups is 1. The molecule has 0 amide bonds. The van der Waals surface area contributed by atoms with Crippen molar-refractivity contribution in [3.8, 4) is 10.6 Å². The van der Waals surface area contributed by atoms with E-state index in [1.54, 1.807) is 0 Å². The lowest BCUT2D eigenvalue weighted by Crippen LogP contribution is -1.83. The predicted molar refractivity (Wildman–Crippen MR) is 62.1 cm³/mol. The first-order valence-corrected chi connectivity index (χ1v) is 5.31. The molecule has 0 spiro atoms. The Bertz CT molecular complexity index is 488. The number of benzene rings is 1. The van der Waals surface area contributed by atoms with Crippen molar-refractivity contribution in [1.82, 2.24) is 4.98 Å². The summed E-state index contributed by atoms with van der Waals surface area (Å²) in [6.07, 6.45) is 0.841. The van der Waals surface area contributed by atoms with Crippen LogP contribution >= 0.6 is 11.3 Å². The fourth-order valence-electron chi connectivity index (χ4n) is 1.27. The summed E-state index contributed by atoms with van der Waals surface area (Å²) in [6.45, 7) is 1.83. The second-order valence-electron chi connectivity index (χ2n) is 3.21. The van der Waals surface area contributed by atoms with Crippen molar-refractivity contribution in [3.05, 3.63) is 34.8 Å². The van der Waals surface area contributed by atoms with Crippen LogP contribution in [0.2, 0.25) is 0 Å². The molecule has 1 heterocycles. The molecule has 0 radical (unpaired) electrons. The van der Waals surface area contributed by atoms with Crippen LogP contribution in [-0.2, 0) is 0 Å². The van der Waals surface area contributed by atoms with E-state index < -0.39 is 0 Å². The summed E-state index contributed by atoms with van der Waals surface area (Å²) >= 11 is 1.40. The first-order valence-electron chi connectivity index (χ1n) is 4.49. The summed E-state index contributed by atoms with van der Waals surface area (Å²) in [5.74, 6) is 0. The molecule has 15 heavy (non-hydrogen) atoms. The first-order chi connectivity index (χ1) is 7.20. The second kappa shape index (κ2) is 3.82. The van der Waals surface area contributed by atoms with Gasteiger partial charge in [-0.25, -0.2) is 4.98 Å². The molecule has 3 nitrogen and oxygen atoms in total. The van der Waals surface area contributed by atoms with E-state index in [0.717, 1.165) is 28.2 Å². The summed E-state index contributed by atoms with van der Waals surface area (Å²) in [6, 6.07) is 7.46. The van der Waals surface area contributed by atoms with Gasteiger partial charge in [0.25, 0.3) is 0 Å². The lowest BCUT2D eigenvalue weighted by Gasteiger charge is -1.96. The maximum Gasteiger partial charge on any atom is 0.161 e. The number of aromatic nitrogens is 1. The van der Waals surface area contributed by atoms with Crippen molar-refractivity contribution in [2.45, 2.75) is 6.92 Å². The van der Waals surface area contributed by atoms with E-state index in [-0.39, 0.29) is 0 Å². The first kappa shape index (κ1) is 9.86. The third-order valence-electron chi connectivity index (χ3n) is 2.10. The Morgan fingerprint density at radius 1 is 1.33 bits per heavy atom. The smallest absolute Gasteiger partial charge is 0.161 e. The average Bonchev–Trinajstić information content (AvgIpc) is 2.61. The van der Waals surface area contributed by atoms with Gasteiger partial charge in [0.2, 0.25) is 0 Å². The van der Waals surface area contributed by atoms with Crippen LogP contribution < -0.4 is 5.73 Å². The van der Waals surface area contributed by atoms with Crippen molar-refractivity contribution in [2.24, 2.45) is 0 Å². The molecule has 0 aliphatic carbocycles. The molecule has 0 saturated carbocycles. The molecule has 0 unspecified atom stereocenters. The topological polar surface area (TPSA) is 56.0 Å². The average molecular weight is 218 g/mol.